The fourth-order valence-electron chi connectivity index (χ4n) is 2.72. The van der Waals surface area contributed by atoms with Crippen LogP contribution in [-0.4, -0.2) is 12.4 Å². The Hall–Kier alpha value is -2.55. The first kappa shape index (κ1) is 14.4. The molecule has 0 radical (unpaired) electrons. The summed E-state index contributed by atoms with van der Waals surface area (Å²) in [7, 11) is 0. The van der Waals surface area contributed by atoms with Crippen LogP contribution >= 0.6 is 0 Å². The summed E-state index contributed by atoms with van der Waals surface area (Å²) >= 11 is 0. The Kier molecular flexibility index (Phi) is 3.96. The summed E-state index contributed by atoms with van der Waals surface area (Å²) in [5, 5.41) is 0. The number of nitrogens with zero attached hydrogens (tertiary/aromatic N) is 2. The number of ether oxygens (including phenoxy) is 1. The highest BCUT2D eigenvalue weighted by molar-refractivity contribution is 6.13. The van der Waals surface area contributed by atoms with Crippen LogP contribution in [0.1, 0.15) is 25.8 Å². The van der Waals surface area contributed by atoms with E-state index >= 15 is 0 Å². The second-order valence-corrected chi connectivity index (χ2v) is 5.08. The molecule has 112 valence electrons. The maximum absolute atomic E-state index is 5.78. The Morgan fingerprint density at radius 1 is 1.05 bits per heavy atom. The van der Waals surface area contributed by atoms with Crippen molar-refractivity contribution in [3.63, 3.8) is 0 Å². The summed E-state index contributed by atoms with van der Waals surface area (Å²) in [6.07, 6.45) is 0.827. The van der Waals surface area contributed by atoms with Crippen molar-refractivity contribution in [3.05, 3.63) is 60.7 Å². The molecule has 0 aliphatic carbocycles. The Bertz CT molecular complexity index is 734. The minimum absolute atomic E-state index is 0.631. The maximum Gasteiger partial charge on any atom is 0.143 e. The Balaban J connectivity index is 2.13. The van der Waals surface area contributed by atoms with Gasteiger partial charge in [-0.3, -0.25) is 4.90 Å². The average molecular weight is 292 g/mol. The third-order valence-corrected chi connectivity index (χ3v) is 3.71. The molecule has 0 bridgehead atoms. The molecular formula is C19H20N2O. The van der Waals surface area contributed by atoms with Gasteiger partial charge in [0.15, 0.2) is 0 Å². The van der Waals surface area contributed by atoms with Crippen LogP contribution in [0.3, 0.4) is 0 Å². The number of amidine groups is 1. The monoisotopic (exact) mass is 292 g/mol. The SMILES string of the molecule is C=C1c2ccccc2N=C(CC)N1c1ccccc1OCC. The largest absolute Gasteiger partial charge is 0.492 e. The zero-order valence-electron chi connectivity index (χ0n) is 13.0. The molecule has 0 atom stereocenters. The van der Waals surface area contributed by atoms with Crippen LogP contribution in [0.4, 0.5) is 11.4 Å². The molecular weight excluding hydrogens is 272 g/mol. The van der Waals surface area contributed by atoms with Gasteiger partial charge in [0.05, 0.1) is 18.0 Å². The van der Waals surface area contributed by atoms with Gasteiger partial charge in [-0.25, -0.2) is 4.99 Å². The third-order valence-electron chi connectivity index (χ3n) is 3.71. The van der Waals surface area contributed by atoms with E-state index in [4.69, 9.17) is 9.73 Å². The van der Waals surface area contributed by atoms with E-state index in [9.17, 15) is 0 Å². The molecule has 3 nitrogen and oxygen atoms in total. The number of para-hydroxylation sites is 3. The Labute approximate surface area is 131 Å². The predicted octanol–water partition coefficient (Wildman–Crippen LogP) is 5.02. The summed E-state index contributed by atoms with van der Waals surface area (Å²) in [5.74, 6) is 1.84. The second kappa shape index (κ2) is 6.06. The van der Waals surface area contributed by atoms with E-state index in [1.54, 1.807) is 0 Å². The Morgan fingerprint density at radius 2 is 1.77 bits per heavy atom. The maximum atomic E-state index is 5.78. The van der Waals surface area contributed by atoms with Gasteiger partial charge in [-0.2, -0.15) is 0 Å². The quantitative estimate of drug-likeness (QED) is 0.790. The summed E-state index contributed by atoms with van der Waals surface area (Å²) in [6.45, 7) is 9.03. The lowest BCUT2D eigenvalue weighted by molar-refractivity contribution is 0.341. The van der Waals surface area contributed by atoms with Crippen molar-refractivity contribution in [3.8, 4) is 5.75 Å². The molecule has 0 amide bonds. The molecule has 1 aliphatic heterocycles. The van der Waals surface area contributed by atoms with Gasteiger partial charge in [-0.15, -0.1) is 0 Å². The number of anilines is 1. The molecule has 0 fully saturated rings. The van der Waals surface area contributed by atoms with Gasteiger partial charge in [0.2, 0.25) is 0 Å². The van der Waals surface area contributed by atoms with Crippen LogP contribution in [0.15, 0.2) is 60.1 Å². The molecule has 2 aromatic carbocycles. The fraction of sp³-hybridized carbons (Fsp3) is 0.211. The van der Waals surface area contributed by atoms with Crippen LogP contribution in [0.5, 0.6) is 5.75 Å². The molecule has 3 rings (SSSR count). The number of hydrogen-bond acceptors (Lipinski definition) is 3. The van der Waals surface area contributed by atoms with Crippen molar-refractivity contribution in [2.75, 3.05) is 11.5 Å². The van der Waals surface area contributed by atoms with Crippen LogP contribution < -0.4 is 9.64 Å². The molecule has 22 heavy (non-hydrogen) atoms. The normalized spacial score (nSPS) is 13.6. The van der Waals surface area contributed by atoms with Gasteiger partial charge in [-0.1, -0.05) is 43.8 Å². The van der Waals surface area contributed by atoms with Gasteiger partial charge in [-0.05, 0) is 25.1 Å². The third kappa shape index (κ3) is 2.39. The number of rotatable bonds is 4. The minimum atomic E-state index is 0.631. The molecule has 0 aromatic heterocycles. The fourth-order valence-corrected chi connectivity index (χ4v) is 2.72. The lowest BCUT2D eigenvalue weighted by Crippen LogP contribution is -2.31. The van der Waals surface area contributed by atoms with Gasteiger partial charge in [0.1, 0.15) is 11.6 Å². The zero-order chi connectivity index (χ0) is 15.5. The van der Waals surface area contributed by atoms with E-state index in [0.29, 0.717) is 6.61 Å². The number of fused-ring (bicyclic) bond motifs is 1. The lowest BCUT2D eigenvalue weighted by atomic mass is 10.1. The van der Waals surface area contributed by atoms with Crippen molar-refractivity contribution in [1.29, 1.82) is 0 Å². The zero-order valence-corrected chi connectivity index (χ0v) is 13.0. The lowest BCUT2D eigenvalue weighted by Gasteiger charge is -2.33. The molecule has 1 heterocycles. The first-order valence-corrected chi connectivity index (χ1v) is 7.64. The summed E-state index contributed by atoms with van der Waals surface area (Å²) in [6, 6.07) is 16.1. The van der Waals surface area contributed by atoms with Gasteiger partial charge in [0, 0.05) is 17.7 Å². The standard InChI is InChI=1S/C19H20N2O/c1-4-19-20-16-11-7-6-10-15(16)14(3)21(19)17-12-8-9-13-18(17)22-5-2/h6-13H,3-5H2,1-2H3. The van der Waals surface area contributed by atoms with E-state index in [2.05, 4.69) is 30.5 Å². The van der Waals surface area contributed by atoms with Crippen molar-refractivity contribution < 1.29 is 4.74 Å². The van der Waals surface area contributed by atoms with Crippen molar-refractivity contribution in [2.24, 2.45) is 4.99 Å². The van der Waals surface area contributed by atoms with Gasteiger partial charge in [0.25, 0.3) is 0 Å². The Morgan fingerprint density at radius 3 is 2.55 bits per heavy atom. The topological polar surface area (TPSA) is 24.8 Å². The van der Waals surface area contributed by atoms with Crippen molar-refractivity contribution >= 4 is 22.9 Å². The predicted molar refractivity (Wildman–Crippen MR) is 93.0 cm³/mol. The van der Waals surface area contributed by atoms with Crippen molar-refractivity contribution in [1.82, 2.24) is 0 Å². The smallest absolute Gasteiger partial charge is 0.143 e. The first-order chi connectivity index (χ1) is 10.8. The number of benzene rings is 2. The highest BCUT2D eigenvalue weighted by atomic mass is 16.5. The molecule has 0 N–H and O–H groups in total. The molecule has 1 aliphatic rings. The van der Waals surface area contributed by atoms with Crippen LogP contribution in [0.25, 0.3) is 5.70 Å². The van der Waals surface area contributed by atoms with Crippen LogP contribution in [0, 0.1) is 0 Å². The van der Waals surface area contributed by atoms with E-state index in [-0.39, 0.29) is 0 Å². The highest BCUT2D eigenvalue weighted by Gasteiger charge is 2.25. The minimum Gasteiger partial charge on any atom is -0.492 e. The van der Waals surface area contributed by atoms with E-state index in [0.717, 1.165) is 40.6 Å². The average Bonchev–Trinajstić information content (AvgIpc) is 2.56. The molecule has 2 aromatic rings. The molecule has 0 saturated carbocycles. The summed E-state index contributed by atoms with van der Waals surface area (Å²) in [5.41, 5.74) is 3.97. The van der Waals surface area contributed by atoms with Crippen molar-refractivity contribution in [2.45, 2.75) is 20.3 Å². The van der Waals surface area contributed by atoms with E-state index in [1.165, 1.54) is 0 Å². The first-order valence-electron chi connectivity index (χ1n) is 7.64. The van der Waals surface area contributed by atoms with Gasteiger partial charge < -0.3 is 4.74 Å². The van der Waals surface area contributed by atoms with Gasteiger partial charge >= 0.3 is 0 Å². The van der Waals surface area contributed by atoms with E-state index in [1.807, 2.05) is 43.3 Å². The van der Waals surface area contributed by atoms with Crippen LogP contribution in [-0.2, 0) is 0 Å². The van der Waals surface area contributed by atoms with Crippen LogP contribution in [0.2, 0.25) is 0 Å². The molecule has 3 heteroatoms. The molecule has 0 unspecified atom stereocenters. The number of aliphatic imine (C=N–C) groups is 1. The highest BCUT2D eigenvalue weighted by Crippen LogP contribution is 2.40. The molecule has 0 saturated heterocycles. The van der Waals surface area contributed by atoms with E-state index < -0.39 is 0 Å². The second-order valence-electron chi connectivity index (χ2n) is 5.08. The number of hydrogen-bond donors (Lipinski definition) is 0. The summed E-state index contributed by atoms with van der Waals surface area (Å²) < 4.78 is 5.78. The molecule has 0 spiro atoms. The summed E-state index contributed by atoms with van der Waals surface area (Å²) in [4.78, 5) is 6.90.